The van der Waals surface area contributed by atoms with Crippen LogP contribution < -0.4 is 5.32 Å². The molecule has 1 aromatic carbocycles. The predicted molar refractivity (Wildman–Crippen MR) is 89.1 cm³/mol. The Bertz CT molecular complexity index is 780. The molecule has 2 rings (SSSR count). The van der Waals surface area contributed by atoms with Gasteiger partial charge in [-0.2, -0.15) is 5.10 Å². The van der Waals surface area contributed by atoms with Crippen LogP contribution in [0.4, 0.5) is 5.82 Å². The smallest absolute Gasteiger partial charge is 0.226 e. The van der Waals surface area contributed by atoms with Crippen molar-refractivity contribution < 1.29 is 13.2 Å². The molecule has 0 spiro atoms. The van der Waals surface area contributed by atoms with E-state index in [2.05, 4.69) is 10.4 Å². The van der Waals surface area contributed by atoms with E-state index in [4.69, 9.17) is 0 Å². The Morgan fingerprint density at radius 1 is 1.26 bits per heavy atom. The molecule has 7 heteroatoms. The first-order valence-electron chi connectivity index (χ1n) is 7.43. The Hall–Kier alpha value is -2.15. The number of sulfone groups is 1. The van der Waals surface area contributed by atoms with Gasteiger partial charge in [-0.25, -0.2) is 13.1 Å². The second-order valence-corrected chi connectivity index (χ2v) is 7.75. The fourth-order valence-corrected chi connectivity index (χ4v) is 3.44. The normalized spacial score (nSPS) is 11.7. The molecule has 0 atom stereocenters. The van der Waals surface area contributed by atoms with Crippen molar-refractivity contribution in [1.82, 2.24) is 9.78 Å². The van der Waals surface area contributed by atoms with Gasteiger partial charge in [0.05, 0.1) is 16.3 Å². The van der Waals surface area contributed by atoms with Crippen LogP contribution in [0.5, 0.6) is 0 Å². The van der Waals surface area contributed by atoms with Crippen LogP contribution in [0.2, 0.25) is 0 Å². The zero-order chi connectivity index (χ0) is 17.0. The number of nitrogens with one attached hydrogen (secondary N) is 1. The van der Waals surface area contributed by atoms with Crippen LogP contribution in [-0.4, -0.2) is 29.9 Å². The fourth-order valence-electron chi connectivity index (χ4n) is 2.18. The molecular formula is C16H21N3O3S. The quantitative estimate of drug-likeness (QED) is 0.880. The number of amides is 1. The molecule has 0 aliphatic carbocycles. The van der Waals surface area contributed by atoms with Crippen molar-refractivity contribution in [2.45, 2.75) is 38.1 Å². The van der Waals surface area contributed by atoms with Gasteiger partial charge in [-0.05, 0) is 32.9 Å². The molecule has 124 valence electrons. The largest absolute Gasteiger partial charge is 0.311 e. The summed E-state index contributed by atoms with van der Waals surface area (Å²) >= 11 is 0. The number of aromatic nitrogens is 2. The number of nitrogens with zero attached hydrogens (tertiary/aromatic N) is 2. The number of aryl methyl sites for hydroxylation is 1. The monoisotopic (exact) mass is 335 g/mol. The molecule has 0 aliphatic heterocycles. The molecule has 0 saturated carbocycles. The SMILES string of the molecule is Cc1cc(NC(=O)CCS(=O)(=O)c2ccccc2)n(C(C)C)n1. The molecule has 1 N–H and O–H groups in total. The molecule has 0 radical (unpaired) electrons. The maximum Gasteiger partial charge on any atom is 0.226 e. The third kappa shape index (κ3) is 4.41. The second kappa shape index (κ2) is 6.95. The van der Waals surface area contributed by atoms with E-state index >= 15 is 0 Å². The molecule has 0 unspecified atom stereocenters. The van der Waals surface area contributed by atoms with Gasteiger partial charge in [-0.1, -0.05) is 18.2 Å². The summed E-state index contributed by atoms with van der Waals surface area (Å²) in [5.41, 5.74) is 0.797. The van der Waals surface area contributed by atoms with Crippen LogP contribution in [0.1, 0.15) is 32.0 Å². The highest BCUT2D eigenvalue weighted by atomic mass is 32.2. The third-order valence-corrected chi connectivity index (χ3v) is 5.05. The summed E-state index contributed by atoms with van der Waals surface area (Å²) in [6.45, 7) is 5.76. The first-order chi connectivity index (χ1) is 10.8. The molecule has 0 aliphatic rings. The molecule has 0 saturated heterocycles. The predicted octanol–water partition coefficient (Wildman–Crippen LogP) is 2.57. The highest BCUT2D eigenvalue weighted by Gasteiger charge is 2.17. The van der Waals surface area contributed by atoms with Gasteiger partial charge in [0.15, 0.2) is 9.84 Å². The lowest BCUT2D eigenvalue weighted by Gasteiger charge is -2.11. The van der Waals surface area contributed by atoms with Crippen LogP contribution in [-0.2, 0) is 14.6 Å². The minimum Gasteiger partial charge on any atom is -0.311 e. The number of carbonyl (C=O) groups excluding carboxylic acids is 1. The van der Waals surface area contributed by atoms with Gasteiger partial charge in [0.2, 0.25) is 5.91 Å². The van der Waals surface area contributed by atoms with Crippen LogP contribution in [0.25, 0.3) is 0 Å². The van der Waals surface area contributed by atoms with Gasteiger partial charge in [-0.3, -0.25) is 4.79 Å². The second-order valence-electron chi connectivity index (χ2n) is 5.64. The zero-order valence-corrected chi connectivity index (χ0v) is 14.3. The van der Waals surface area contributed by atoms with Crippen molar-refractivity contribution in [3.63, 3.8) is 0 Å². The Morgan fingerprint density at radius 3 is 2.52 bits per heavy atom. The number of hydrogen-bond acceptors (Lipinski definition) is 4. The summed E-state index contributed by atoms with van der Waals surface area (Å²) in [5, 5.41) is 7.04. The lowest BCUT2D eigenvalue weighted by Crippen LogP contribution is -2.20. The Balaban J connectivity index is 2.01. The summed E-state index contributed by atoms with van der Waals surface area (Å²) in [4.78, 5) is 12.3. The average Bonchev–Trinajstić information content (AvgIpc) is 2.87. The minimum absolute atomic E-state index is 0.0977. The van der Waals surface area contributed by atoms with Crippen molar-refractivity contribution >= 4 is 21.6 Å². The summed E-state index contributed by atoms with van der Waals surface area (Å²) in [6.07, 6.45) is -0.0977. The van der Waals surface area contributed by atoms with Crippen molar-refractivity contribution in [2.75, 3.05) is 11.1 Å². The lowest BCUT2D eigenvalue weighted by atomic mass is 10.4. The molecule has 1 aromatic heterocycles. The minimum atomic E-state index is -3.45. The zero-order valence-electron chi connectivity index (χ0n) is 13.5. The van der Waals surface area contributed by atoms with E-state index in [1.165, 1.54) is 12.1 Å². The van der Waals surface area contributed by atoms with Gasteiger partial charge in [0.25, 0.3) is 0 Å². The Labute approximate surface area is 136 Å². The topological polar surface area (TPSA) is 81.1 Å². The number of carbonyl (C=O) groups is 1. The van der Waals surface area contributed by atoms with Gasteiger partial charge in [0, 0.05) is 18.5 Å². The van der Waals surface area contributed by atoms with E-state index in [1.54, 1.807) is 28.9 Å². The van der Waals surface area contributed by atoms with Crippen molar-refractivity contribution in [1.29, 1.82) is 0 Å². The summed E-state index contributed by atoms with van der Waals surface area (Å²) < 4.78 is 26.0. The third-order valence-electron chi connectivity index (χ3n) is 3.31. The Morgan fingerprint density at radius 2 is 1.91 bits per heavy atom. The van der Waals surface area contributed by atoms with Gasteiger partial charge < -0.3 is 5.32 Å². The van der Waals surface area contributed by atoms with E-state index < -0.39 is 9.84 Å². The molecule has 23 heavy (non-hydrogen) atoms. The average molecular weight is 335 g/mol. The van der Waals surface area contributed by atoms with Gasteiger partial charge >= 0.3 is 0 Å². The maximum atomic E-state index is 12.2. The highest BCUT2D eigenvalue weighted by molar-refractivity contribution is 7.91. The number of anilines is 1. The standard InChI is InChI=1S/C16H21N3O3S/c1-12(2)19-15(11-13(3)18-19)17-16(20)9-10-23(21,22)14-7-5-4-6-8-14/h4-8,11-12H,9-10H2,1-3H3,(H,17,20). The molecule has 0 bridgehead atoms. The van der Waals surface area contributed by atoms with Gasteiger partial charge in [-0.15, -0.1) is 0 Å². The van der Waals surface area contributed by atoms with E-state index in [-0.39, 0.29) is 29.0 Å². The lowest BCUT2D eigenvalue weighted by molar-refractivity contribution is -0.115. The molecular weight excluding hydrogens is 314 g/mol. The number of rotatable bonds is 6. The van der Waals surface area contributed by atoms with E-state index in [0.29, 0.717) is 5.82 Å². The molecule has 2 aromatic rings. The Kier molecular flexibility index (Phi) is 5.20. The van der Waals surface area contributed by atoms with Gasteiger partial charge in [0.1, 0.15) is 5.82 Å². The molecule has 1 amide bonds. The first kappa shape index (κ1) is 17.2. The maximum absolute atomic E-state index is 12.2. The van der Waals surface area contributed by atoms with E-state index in [1.807, 2.05) is 20.8 Å². The van der Waals surface area contributed by atoms with Crippen LogP contribution in [0.15, 0.2) is 41.3 Å². The first-order valence-corrected chi connectivity index (χ1v) is 9.08. The molecule has 0 fully saturated rings. The van der Waals surface area contributed by atoms with Crippen molar-refractivity contribution in [3.05, 3.63) is 42.1 Å². The van der Waals surface area contributed by atoms with Crippen LogP contribution in [0.3, 0.4) is 0 Å². The summed E-state index contributed by atoms with van der Waals surface area (Å²) in [5.74, 6) is 0.0170. The van der Waals surface area contributed by atoms with Crippen molar-refractivity contribution in [3.8, 4) is 0 Å². The highest BCUT2D eigenvalue weighted by Crippen LogP contribution is 2.17. The van der Waals surface area contributed by atoms with Crippen LogP contribution in [0, 0.1) is 6.92 Å². The van der Waals surface area contributed by atoms with Crippen LogP contribution >= 0.6 is 0 Å². The summed E-state index contributed by atoms with van der Waals surface area (Å²) in [7, 11) is -3.45. The van der Waals surface area contributed by atoms with Crippen molar-refractivity contribution in [2.24, 2.45) is 0 Å². The fraction of sp³-hybridized carbons (Fsp3) is 0.375. The van der Waals surface area contributed by atoms with E-state index in [0.717, 1.165) is 5.69 Å². The number of hydrogen-bond donors (Lipinski definition) is 1. The van der Waals surface area contributed by atoms with E-state index in [9.17, 15) is 13.2 Å². The number of benzene rings is 1. The molecule has 1 heterocycles. The molecule has 6 nitrogen and oxygen atoms in total. The summed E-state index contributed by atoms with van der Waals surface area (Å²) in [6, 6.07) is 10.0.